The number of hydrogen-bond donors (Lipinski definition) is 2. The van der Waals surface area contributed by atoms with Gasteiger partial charge in [0.2, 0.25) is 5.91 Å². The number of likely N-dealkylation sites (tertiary alicyclic amines) is 1. The number of anilines is 2. The van der Waals surface area contributed by atoms with Gasteiger partial charge < -0.3 is 15.1 Å². The lowest BCUT2D eigenvalue weighted by atomic mass is 9.74. The van der Waals surface area contributed by atoms with Crippen molar-refractivity contribution in [3.63, 3.8) is 0 Å². The Balaban J connectivity index is 1.51. The van der Waals surface area contributed by atoms with E-state index in [4.69, 9.17) is 23.2 Å². The Morgan fingerprint density at radius 2 is 1.89 bits per heavy atom. The van der Waals surface area contributed by atoms with Crippen molar-refractivity contribution in [3.8, 4) is 0 Å². The van der Waals surface area contributed by atoms with Crippen LogP contribution in [-0.2, 0) is 10.3 Å². The number of carbonyl (C=O) groups is 2. The summed E-state index contributed by atoms with van der Waals surface area (Å²) in [5.41, 5.74) is 1.72. The number of amides is 2. The van der Waals surface area contributed by atoms with Gasteiger partial charge in [0.15, 0.2) is 0 Å². The Morgan fingerprint density at radius 3 is 2.68 bits per heavy atom. The van der Waals surface area contributed by atoms with Crippen LogP contribution in [0.4, 0.5) is 15.8 Å². The quantitative estimate of drug-likeness (QED) is 0.491. The van der Waals surface area contributed by atoms with Crippen LogP contribution in [0.5, 0.6) is 0 Å². The Morgan fingerprint density at radius 1 is 1.11 bits per heavy atom. The lowest BCUT2D eigenvalue weighted by molar-refractivity contribution is -0.122. The first-order valence-electron chi connectivity index (χ1n) is 12.1. The van der Waals surface area contributed by atoms with Crippen molar-refractivity contribution in [2.75, 3.05) is 30.9 Å². The van der Waals surface area contributed by atoms with Crippen LogP contribution in [0.2, 0.25) is 10.0 Å². The zero-order valence-electron chi connectivity index (χ0n) is 20.3. The van der Waals surface area contributed by atoms with Crippen LogP contribution in [0.3, 0.4) is 0 Å². The molecule has 3 heterocycles. The van der Waals surface area contributed by atoms with E-state index in [1.54, 1.807) is 41.3 Å². The van der Waals surface area contributed by atoms with Gasteiger partial charge in [0.25, 0.3) is 5.91 Å². The van der Waals surface area contributed by atoms with Gasteiger partial charge in [0.05, 0.1) is 11.1 Å². The van der Waals surface area contributed by atoms with Gasteiger partial charge in [-0.25, -0.2) is 4.39 Å². The molecule has 0 aromatic heterocycles. The van der Waals surface area contributed by atoms with Crippen molar-refractivity contribution < 1.29 is 14.0 Å². The van der Waals surface area contributed by atoms with Gasteiger partial charge in [-0.2, -0.15) is 0 Å². The van der Waals surface area contributed by atoms with Crippen molar-refractivity contribution >= 4 is 46.4 Å². The van der Waals surface area contributed by atoms with Gasteiger partial charge in [-0.1, -0.05) is 47.5 Å². The van der Waals surface area contributed by atoms with E-state index in [2.05, 4.69) is 10.6 Å². The predicted octanol–water partition coefficient (Wildman–Crippen LogP) is 5.02. The third kappa shape index (κ3) is 3.55. The number of halogens is 3. The fourth-order valence-electron chi connectivity index (χ4n) is 6.28. The van der Waals surface area contributed by atoms with Crippen LogP contribution >= 0.6 is 23.2 Å². The molecule has 3 aliphatic rings. The molecule has 0 saturated carbocycles. The molecular weight excluding hydrogens is 514 g/mol. The summed E-state index contributed by atoms with van der Waals surface area (Å²) in [4.78, 5) is 31.4. The van der Waals surface area contributed by atoms with E-state index in [0.29, 0.717) is 40.4 Å². The smallest absolute Gasteiger partial charge is 0.254 e. The third-order valence-electron chi connectivity index (χ3n) is 7.87. The second-order valence-electron chi connectivity index (χ2n) is 10.0. The summed E-state index contributed by atoms with van der Waals surface area (Å²) in [6.45, 7) is 0.483. The Bertz CT molecular complexity index is 1450. The largest absolute Gasteiger partial charge is 0.378 e. The molecule has 0 aliphatic carbocycles. The van der Waals surface area contributed by atoms with Crippen LogP contribution in [0.15, 0.2) is 60.7 Å². The normalized spacial score (nSPS) is 25.8. The van der Waals surface area contributed by atoms with E-state index in [9.17, 15) is 9.59 Å². The highest BCUT2D eigenvalue weighted by Crippen LogP contribution is 2.55. The minimum absolute atomic E-state index is 0.0274. The van der Waals surface area contributed by atoms with E-state index >= 15 is 4.39 Å². The van der Waals surface area contributed by atoms with Crippen molar-refractivity contribution in [2.45, 2.75) is 30.0 Å². The monoisotopic (exact) mass is 538 g/mol. The molecule has 2 fully saturated rings. The second-order valence-corrected chi connectivity index (χ2v) is 10.9. The van der Waals surface area contributed by atoms with Gasteiger partial charge in [-0.15, -0.1) is 0 Å². The molecule has 4 atom stereocenters. The number of nitrogens with one attached hydrogen (secondary N) is 2. The molecule has 2 saturated heterocycles. The SMILES string of the molecule is CN(C)c1cccc(C(=O)N2CC[C@@H]3N[C@@]4(C(=O)Nc5cc(Cl)ccc54)[C@@H](c4cccc(Cl)c4F)C32)c1. The molecule has 1 spiro atoms. The summed E-state index contributed by atoms with van der Waals surface area (Å²) in [6, 6.07) is 16.8. The minimum atomic E-state index is -1.29. The van der Waals surface area contributed by atoms with Crippen LogP contribution in [-0.4, -0.2) is 49.4 Å². The van der Waals surface area contributed by atoms with Crippen LogP contribution in [0, 0.1) is 5.82 Å². The molecule has 0 bridgehead atoms. The van der Waals surface area contributed by atoms with Crippen molar-refractivity contribution in [3.05, 3.63) is 93.2 Å². The van der Waals surface area contributed by atoms with Crippen LogP contribution in [0.25, 0.3) is 0 Å². The van der Waals surface area contributed by atoms with E-state index in [1.165, 1.54) is 6.07 Å². The first-order chi connectivity index (χ1) is 17.7. The first kappa shape index (κ1) is 24.2. The van der Waals surface area contributed by atoms with Crippen LogP contribution < -0.4 is 15.5 Å². The van der Waals surface area contributed by atoms with E-state index in [1.807, 2.05) is 37.2 Å². The highest BCUT2D eigenvalue weighted by Gasteiger charge is 2.65. The molecular formula is C28H25Cl2FN4O2. The number of benzene rings is 3. The molecule has 3 aliphatic heterocycles. The highest BCUT2D eigenvalue weighted by molar-refractivity contribution is 6.31. The van der Waals surface area contributed by atoms with Gasteiger partial charge in [0, 0.05) is 60.1 Å². The van der Waals surface area contributed by atoms with Gasteiger partial charge in [0.1, 0.15) is 11.4 Å². The van der Waals surface area contributed by atoms with E-state index < -0.39 is 23.3 Å². The van der Waals surface area contributed by atoms with E-state index in [-0.39, 0.29) is 22.9 Å². The summed E-state index contributed by atoms with van der Waals surface area (Å²) >= 11 is 12.5. The average molecular weight is 539 g/mol. The Kier molecular flexibility index (Phi) is 5.71. The molecule has 3 aromatic carbocycles. The molecule has 6 nitrogen and oxygen atoms in total. The first-order valence-corrected chi connectivity index (χ1v) is 12.9. The van der Waals surface area contributed by atoms with Crippen LogP contribution in [0.1, 0.15) is 33.8 Å². The average Bonchev–Trinajstić information content (AvgIpc) is 3.51. The minimum Gasteiger partial charge on any atom is -0.378 e. The maximum Gasteiger partial charge on any atom is 0.254 e. The van der Waals surface area contributed by atoms with Crippen molar-refractivity contribution in [1.82, 2.24) is 10.2 Å². The number of fused-ring (bicyclic) bond motifs is 3. The Labute approximate surface area is 224 Å². The molecule has 0 radical (unpaired) electrons. The number of carbonyl (C=O) groups excluding carboxylic acids is 2. The molecule has 190 valence electrons. The molecule has 3 aromatic rings. The summed E-state index contributed by atoms with van der Waals surface area (Å²) in [5.74, 6) is -1.76. The topological polar surface area (TPSA) is 64.7 Å². The lowest BCUT2D eigenvalue weighted by Crippen LogP contribution is -2.50. The highest BCUT2D eigenvalue weighted by atomic mass is 35.5. The number of hydrogen-bond acceptors (Lipinski definition) is 4. The second kappa shape index (κ2) is 8.72. The van der Waals surface area contributed by atoms with Gasteiger partial charge in [-0.3, -0.25) is 14.9 Å². The predicted molar refractivity (Wildman–Crippen MR) is 143 cm³/mol. The molecule has 37 heavy (non-hydrogen) atoms. The maximum absolute atomic E-state index is 15.7. The number of nitrogens with zero attached hydrogens (tertiary/aromatic N) is 2. The van der Waals surface area contributed by atoms with Crippen molar-refractivity contribution in [1.29, 1.82) is 0 Å². The zero-order valence-corrected chi connectivity index (χ0v) is 21.8. The van der Waals surface area contributed by atoms with Gasteiger partial charge >= 0.3 is 0 Å². The van der Waals surface area contributed by atoms with Gasteiger partial charge in [-0.05, 0) is 48.4 Å². The van der Waals surface area contributed by atoms with Crippen molar-refractivity contribution in [2.24, 2.45) is 0 Å². The summed E-state index contributed by atoms with van der Waals surface area (Å²) in [6.07, 6.45) is 0.625. The summed E-state index contributed by atoms with van der Waals surface area (Å²) in [5, 5.41) is 6.94. The summed E-state index contributed by atoms with van der Waals surface area (Å²) in [7, 11) is 3.83. The molecule has 2 N–H and O–H groups in total. The molecule has 6 rings (SSSR count). The fourth-order valence-corrected chi connectivity index (χ4v) is 6.63. The lowest BCUT2D eigenvalue weighted by Gasteiger charge is -2.36. The fraction of sp³-hybridized carbons (Fsp3) is 0.286. The zero-order chi connectivity index (χ0) is 26.1. The summed E-state index contributed by atoms with van der Waals surface area (Å²) < 4.78 is 15.7. The molecule has 9 heteroatoms. The number of rotatable bonds is 3. The van der Waals surface area contributed by atoms with E-state index in [0.717, 1.165) is 5.69 Å². The molecule has 2 amide bonds. The standard InChI is InChI=1S/C28H25Cl2FN4O2/c1-34(2)17-6-3-5-15(13-17)26(36)35-12-11-21-25(35)23(18-7-4-8-20(30)24(18)31)28(33-21)19-10-9-16(29)14-22(19)32-27(28)37/h3-10,13-14,21,23,25,33H,11-12H2,1-2H3,(H,32,37)/t21-,23-,25?,28+/m0/s1. The Hall–Kier alpha value is -3.13. The third-order valence-corrected chi connectivity index (χ3v) is 8.40. The maximum atomic E-state index is 15.7. The molecule has 1 unspecified atom stereocenters.